The smallest absolute Gasteiger partial charge is 0.303 e. The van der Waals surface area contributed by atoms with Gasteiger partial charge in [0.1, 0.15) is 31.5 Å². The summed E-state index contributed by atoms with van der Waals surface area (Å²) in [5.41, 5.74) is 0. The van der Waals surface area contributed by atoms with Crippen molar-refractivity contribution in [3.63, 3.8) is 0 Å². The van der Waals surface area contributed by atoms with Crippen LogP contribution in [0.15, 0.2) is 0 Å². The molecule has 0 aliphatic carbocycles. The predicted octanol–water partition coefficient (Wildman–Crippen LogP) is -0.512. The quantitative estimate of drug-likeness (QED) is 0.119. The Labute approximate surface area is 286 Å². The minimum atomic E-state index is -1.83. The van der Waals surface area contributed by atoms with Gasteiger partial charge in [-0.3, -0.25) is 38.4 Å². The van der Waals surface area contributed by atoms with Crippen molar-refractivity contribution in [2.24, 2.45) is 0 Å². The largest absolute Gasteiger partial charge is 0.481 e. The summed E-state index contributed by atoms with van der Waals surface area (Å²) in [7, 11) is 0. The minimum Gasteiger partial charge on any atom is -0.481 e. The fourth-order valence-electron chi connectivity index (χ4n) is 5.03. The molecule has 20 nitrogen and oxygen atoms in total. The van der Waals surface area contributed by atoms with Crippen LogP contribution in [0.1, 0.15) is 61.3 Å². The molecular formula is C30H42O20. The van der Waals surface area contributed by atoms with E-state index in [1.54, 1.807) is 0 Å². The Kier molecular flexibility index (Phi) is 16.5. The molecule has 2 aliphatic heterocycles. The summed E-state index contributed by atoms with van der Waals surface area (Å²) >= 11 is 0. The highest BCUT2D eigenvalue weighted by molar-refractivity contribution is 5.69. The van der Waals surface area contributed by atoms with E-state index in [1.807, 2.05) is 0 Å². The second-order valence-electron chi connectivity index (χ2n) is 11.0. The van der Waals surface area contributed by atoms with Crippen LogP contribution >= 0.6 is 0 Å². The van der Waals surface area contributed by atoms with E-state index < -0.39 is 122 Å². The highest BCUT2D eigenvalue weighted by atomic mass is 16.8. The molecule has 0 saturated carbocycles. The van der Waals surface area contributed by atoms with Gasteiger partial charge in [-0.1, -0.05) is 0 Å². The first-order valence-electron chi connectivity index (χ1n) is 15.3. The summed E-state index contributed by atoms with van der Waals surface area (Å²) in [6, 6.07) is 0. The molecule has 2 rings (SSSR count). The number of carboxylic acid groups (broad SMARTS) is 1. The summed E-state index contributed by atoms with van der Waals surface area (Å²) in [5, 5.41) is 9.00. The van der Waals surface area contributed by atoms with Crippen molar-refractivity contribution in [3.05, 3.63) is 0 Å². The number of rotatable bonds is 16. The summed E-state index contributed by atoms with van der Waals surface area (Å²) in [6.45, 7) is 5.87. The third-order valence-electron chi connectivity index (χ3n) is 6.70. The average Bonchev–Trinajstić information content (AvgIpc) is 2.97. The van der Waals surface area contributed by atoms with E-state index in [0.29, 0.717) is 0 Å². The van der Waals surface area contributed by atoms with Gasteiger partial charge in [0, 0.05) is 54.9 Å². The minimum absolute atomic E-state index is 0.000499. The molecule has 0 aromatic heterocycles. The molecule has 0 aromatic rings. The zero-order valence-electron chi connectivity index (χ0n) is 28.5. The van der Waals surface area contributed by atoms with Gasteiger partial charge < -0.3 is 57.2 Å². The van der Waals surface area contributed by atoms with Gasteiger partial charge in [-0.25, -0.2) is 0 Å². The topological polar surface area (TPSA) is 258 Å². The molecule has 0 amide bonds. The van der Waals surface area contributed by atoms with Crippen LogP contribution in [0.4, 0.5) is 0 Å². The molecule has 2 saturated heterocycles. The van der Waals surface area contributed by atoms with Crippen molar-refractivity contribution < 1.29 is 95.6 Å². The molecule has 2 heterocycles. The summed E-state index contributed by atoms with van der Waals surface area (Å²) in [6.07, 6.45) is -16.2. The van der Waals surface area contributed by atoms with E-state index in [-0.39, 0.29) is 19.4 Å². The Balaban J connectivity index is 2.69. The van der Waals surface area contributed by atoms with Crippen molar-refractivity contribution in [1.82, 2.24) is 0 Å². The Hall–Kier alpha value is -4.40. The fraction of sp³-hybridized carbons (Fsp3) is 0.733. The molecule has 0 bridgehead atoms. The maximum atomic E-state index is 12.4. The van der Waals surface area contributed by atoms with E-state index in [2.05, 4.69) is 0 Å². The molecule has 10 atom stereocenters. The molecule has 1 N–H and O–H groups in total. The van der Waals surface area contributed by atoms with Crippen molar-refractivity contribution in [2.45, 2.75) is 123 Å². The standard InChI is InChI=1S/C30H42O20/c1-13(31)41-11-20-23(43-15(3)33)25(44-16(4)34)28(47-19(7)37)30(49-20)50-24-21(12-42-14(2)32)48-29(40-10-8-9-22(38)39)27(46-18(6)36)26(24)45-17(5)35/h20-21,23-30H,8-12H2,1-7H3,(H,38,39)/t20?,21?,23-,24+,25-,26+,27?,28?,29+,30-/m0/s1. The van der Waals surface area contributed by atoms with Crippen molar-refractivity contribution in [2.75, 3.05) is 19.8 Å². The number of carbonyl (C=O) groups is 8. The average molecular weight is 723 g/mol. The number of carbonyl (C=O) groups excluding carboxylic acids is 7. The number of aliphatic carboxylic acids is 1. The van der Waals surface area contributed by atoms with Gasteiger partial charge in [-0.05, 0) is 6.42 Å². The lowest BCUT2D eigenvalue weighted by Gasteiger charge is -2.48. The van der Waals surface area contributed by atoms with E-state index in [0.717, 1.165) is 48.5 Å². The van der Waals surface area contributed by atoms with Crippen LogP contribution in [0.3, 0.4) is 0 Å². The van der Waals surface area contributed by atoms with Crippen molar-refractivity contribution in [1.29, 1.82) is 0 Å². The first-order valence-corrected chi connectivity index (χ1v) is 15.3. The van der Waals surface area contributed by atoms with Gasteiger partial charge in [0.05, 0.1) is 6.61 Å². The van der Waals surface area contributed by atoms with Crippen LogP contribution in [0, 0.1) is 0 Å². The maximum absolute atomic E-state index is 12.4. The van der Waals surface area contributed by atoms with E-state index in [9.17, 15) is 38.4 Å². The van der Waals surface area contributed by atoms with E-state index >= 15 is 0 Å². The van der Waals surface area contributed by atoms with Gasteiger partial charge >= 0.3 is 47.8 Å². The van der Waals surface area contributed by atoms with Crippen LogP contribution in [-0.2, 0) is 90.5 Å². The molecule has 0 aromatic carbocycles. The Morgan fingerprint density at radius 1 is 0.500 bits per heavy atom. The predicted molar refractivity (Wildman–Crippen MR) is 156 cm³/mol. The molecule has 50 heavy (non-hydrogen) atoms. The monoisotopic (exact) mass is 722 g/mol. The SMILES string of the molecule is CC(=O)OCC1O[C@@H](OCCCC(=O)O)C(OC(C)=O)[C@H](OC(C)=O)[C@@H]1O[C@@H]1OC(COC(C)=O)[C@H](OC(C)=O)[C@H](OC(C)=O)C1OC(C)=O. The van der Waals surface area contributed by atoms with Gasteiger partial charge in [0.15, 0.2) is 43.1 Å². The second-order valence-corrected chi connectivity index (χ2v) is 11.0. The van der Waals surface area contributed by atoms with Crippen LogP contribution < -0.4 is 0 Å². The molecule has 4 unspecified atom stereocenters. The molecular weight excluding hydrogens is 680 g/mol. The Morgan fingerprint density at radius 2 is 0.880 bits per heavy atom. The number of esters is 7. The Bertz CT molecular complexity index is 1250. The normalized spacial score (nSPS) is 29.0. The zero-order valence-corrected chi connectivity index (χ0v) is 28.5. The van der Waals surface area contributed by atoms with Crippen LogP contribution in [-0.4, -0.2) is 134 Å². The number of hydrogen-bond acceptors (Lipinski definition) is 19. The van der Waals surface area contributed by atoms with Gasteiger partial charge in [0.25, 0.3) is 0 Å². The maximum Gasteiger partial charge on any atom is 0.303 e. The van der Waals surface area contributed by atoms with Crippen molar-refractivity contribution in [3.8, 4) is 0 Å². The highest BCUT2D eigenvalue weighted by Gasteiger charge is 2.57. The fourth-order valence-corrected chi connectivity index (χ4v) is 5.03. The molecule has 0 spiro atoms. The molecule has 2 fully saturated rings. The molecule has 2 aliphatic rings. The third kappa shape index (κ3) is 13.5. The molecule has 0 radical (unpaired) electrons. The molecule has 20 heteroatoms. The van der Waals surface area contributed by atoms with Gasteiger partial charge in [-0.2, -0.15) is 0 Å². The molecule has 282 valence electrons. The number of carboxylic acids is 1. The number of ether oxygens (including phenoxy) is 11. The summed E-state index contributed by atoms with van der Waals surface area (Å²) < 4.78 is 61.3. The Morgan fingerprint density at radius 3 is 1.32 bits per heavy atom. The van der Waals surface area contributed by atoms with Gasteiger partial charge in [-0.15, -0.1) is 0 Å². The lowest BCUT2D eigenvalue weighted by molar-refractivity contribution is -0.361. The van der Waals surface area contributed by atoms with E-state index in [1.165, 1.54) is 0 Å². The van der Waals surface area contributed by atoms with E-state index in [4.69, 9.17) is 57.2 Å². The third-order valence-corrected chi connectivity index (χ3v) is 6.70. The first-order chi connectivity index (χ1) is 23.4. The lowest BCUT2D eigenvalue weighted by Crippen LogP contribution is -2.67. The zero-order chi connectivity index (χ0) is 37.7. The first kappa shape index (κ1) is 41.8. The highest BCUT2D eigenvalue weighted by Crippen LogP contribution is 2.35. The van der Waals surface area contributed by atoms with Crippen LogP contribution in [0.25, 0.3) is 0 Å². The number of hydrogen-bond donors (Lipinski definition) is 1. The van der Waals surface area contributed by atoms with Crippen LogP contribution in [0.2, 0.25) is 0 Å². The second kappa shape index (κ2) is 19.7. The van der Waals surface area contributed by atoms with Crippen LogP contribution in [0.5, 0.6) is 0 Å². The van der Waals surface area contributed by atoms with Gasteiger partial charge in [0.2, 0.25) is 0 Å². The summed E-state index contributed by atoms with van der Waals surface area (Å²) in [5.74, 6) is -7.19. The summed E-state index contributed by atoms with van der Waals surface area (Å²) in [4.78, 5) is 95.9. The lowest BCUT2D eigenvalue weighted by atomic mass is 9.96. The van der Waals surface area contributed by atoms with Crippen molar-refractivity contribution >= 4 is 47.8 Å².